The second-order valence-electron chi connectivity index (χ2n) is 4.45. The number of furan rings is 1. The summed E-state index contributed by atoms with van der Waals surface area (Å²) in [7, 11) is -1.05. The van der Waals surface area contributed by atoms with Gasteiger partial charge in [0.2, 0.25) is 0 Å². The fourth-order valence-electron chi connectivity index (χ4n) is 1.81. The number of nitrogens with one attached hydrogen (secondary N) is 1. The van der Waals surface area contributed by atoms with Crippen LogP contribution in [0, 0.1) is 6.92 Å². The van der Waals surface area contributed by atoms with E-state index in [1.54, 1.807) is 0 Å². The fourth-order valence-corrected chi connectivity index (χ4v) is 2.94. The summed E-state index contributed by atoms with van der Waals surface area (Å²) in [4.78, 5) is 0.852. The highest BCUT2D eigenvalue weighted by molar-refractivity contribution is 7.84. The number of hydrogen-bond acceptors (Lipinski definition) is 3. The van der Waals surface area contributed by atoms with E-state index in [0.29, 0.717) is 12.3 Å². The molecular weight excluding hydrogens is 258 g/mol. The first-order chi connectivity index (χ1) is 9.19. The molecule has 0 aliphatic heterocycles. The topological polar surface area (TPSA) is 42.2 Å². The highest BCUT2D eigenvalue weighted by atomic mass is 32.2. The molecule has 0 aliphatic rings. The Kier molecular flexibility index (Phi) is 4.93. The van der Waals surface area contributed by atoms with Crippen molar-refractivity contribution in [3.8, 4) is 0 Å². The van der Waals surface area contributed by atoms with Crippen LogP contribution in [0.1, 0.15) is 24.0 Å². The molecule has 0 radical (unpaired) electrons. The second-order valence-corrected chi connectivity index (χ2v) is 5.91. The Hall–Kier alpha value is -1.39. The Bertz CT molecular complexity index is 563. The molecule has 1 atom stereocenters. The zero-order valence-corrected chi connectivity index (χ0v) is 12.1. The normalized spacial score (nSPS) is 12.5. The number of hydrogen-bond donors (Lipinski definition) is 1. The van der Waals surface area contributed by atoms with Gasteiger partial charge in [0.1, 0.15) is 11.5 Å². The van der Waals surface area contributed by atoms with E-state index in [9.17, 15) is 4.21 Å². The van der Waals surface area contributed by atoms with Crippen molar-refractivity contribution in [1.29, 1.82) is 0 Å². The van der Waals surface area contributed by atoms with Crippen LogP contribution in [-0.4, -0.2) is 10.8 Å². The van der Waals surface area contributed by atoms with Crippen LogP contribution in [0.3, 0.4) is 0 Å². The van der Waals surface area contributed by atoms with Gasteiger partial charge in [0.25, 0.3) is 0 Å². The van der Waals surface area contributed by atoms with Gasteiger partial charge in [0.05, 0.1) is 23.1 Å². The van der Waals surface area contributed by atoms with Crippen LogP contribution in [0.4, 0.5) is 0 Å². The van der Waals surface area contributed by atoms with Crippen molar-refractivity contribution in [2.24, 2.45) is 0 Å². The average Bonchev–Trinajstić information content (AvgIpc) is 2.84. The lowest BCUT2D eigenvalue weighted by atomic mass is 10.2. The first kappa shape index (κ1) is 14.0. The minimum atomic E-state index is -1.05. The van der Waals surface area contributed by atoms with E-state index in [2.05, 4.69) is 12.2 Å². The van der Waals surface area contributed by atoms with Crippen LogP contribution in [0.5, 0.6) is 0 Å². The van der Waals surface area contributed by atoms with Gasteiger partial charge in [-0.3, -0.25) is 4.21 Å². The molecule has 0 bridgehead atoms. The lowest BCUT2D eigenvalue weighted by molar-refractivity contribution is 0.461. The third-order valence-electron chi connectivity index (χ3n) is 2.79. The van der Waals surface area contributed by atoms with Crippen molar-refractivity contribution in [2.45, 2.75) is 31.0 Å². The number of benzene rings is 1. The third-order valence-corrected chi connectivity index (χ3v) is 4.12. The monoisotopic (exact) mass is 277 g/mol. The summed E-state index contributed by atoms with van der Waals surface area (Å²) in [5, 5.41) is 3.20. The van der Waals surface area contributed by atoms with Gasteiger partial charge in [0, 0.05) is 4.90 Å². The van der Waals surface area contributed by atoms with Gasteiger partial charge in [-0.15, -0.1) is 0 Å². The standard InChI is InChI=1S/C15H19NO2S/c1-3-16-10-13-7-8-14(18-13)11-19(17)15-6-4-5-12(2)9-15/h4-9,16H,3,10-11H2,1-2H3. The molecule has 4 heteroatoms. The molecule has 1 unspecified atom stereocenters. The average molecular weight is 277 g/mol. The summed E-state index contributed by atoms with van der Waals surface area (Å²) >= 11 is 0. The first-order valence-electron chi connectivity index (χ1n) is 6.42. The summed E-state index contributed by atoms with van der Waals surface area (Å²) in [6.45, 7) is 5.68. The smallest absolute Gasteiger partial charge is 0.118 e. The van der Waals surface area contributed by atoms with Crippen molar-refractivity contribution in [2.75, 3.05) is 6.54 Å². The minimum Gasteiger partial charge on any atom is -0.464 e. The Labute approximate surface area is 116 Å². The Morgan fingerprint density at radius 2 is 2.00 bits per heavy atom. The third kappa shape index (κ3) is 4.04. The summed E-state index contributed by atoms with van der Waals surface area (Å²) in [6, 6.07) is 11.6. The van der Waals surface area contributed by atoms with E-state index in [-0.39, 0.29) is 0 Å². The molecule has 0 amide bonds. The molecule has 1 aromatic carbocycles. The quantitative estimate of drug-likeness (QED) is 0.882. The first-order valence-corrected chi connectivity index (χ1v) is 7.74. The van der Waals surface area contributed by atoms with Gasteiger partial charge in [-0.05, 0) is 43.3 Å². The zero-order valence-electron chi connectivity index (χ0n) is 11.3. The van der Waals surface area contributed by atoms with Crippen molar-refractivity contribution < 1.29 is 8.63 Å². The van der Waals surface area contributed by atoms with E-state index in [1.165, 1.54) is 0 Å². The fraction of sp³-hybridized carbons (Fsp3) is 0.333. The predicted molar refractivity (Wildman–Crippen MR) is 77.4 cm³/mol. The van der Waals surface area contributed by atoms with Crippen LogP contribution < -0.4 is 5.32 Å². The van der Waals surface area contributed by atoms with E-state index in [1.807, 2.05) is 43.3 Å². The molecule has 0 fully saturated rings. The van der Waals surface area contributed by atoms with Crippen LogP contribution >= 0.6 is 0 Å². The van der Waals surface area contributed by atoms with Gasteiger partial charge in [0.15, 0.2) is 0 Å². The van der Waals surface area contributed by atoms with Crippen LogP contribution in [0.25, 0.3) is 0 Å². The molecular formula is C15H19NO2S. The molecule has 102 valence electrons. The van der Waals surface area contributed by atoms with Crippen LogP contribution in [-0.2, 0) is 23.1 Å². The molecule has 1 aromatic heterocycles. The Morgan fingerprint density at radius 3 is 2.74 bits per heavy atom. The van der Waals surface area contributed by atoms with E-state index in [4.69, 9.17) is 4.42 Å². The maximum Gasteiger partial charge on any atom is 0.118 e. The minimum absolute atomic E-state index is 0.426. The van der Waals surface area contributed by atoms with E-state index < -0.39 is 10.8 Å². The molecule has 19 heavy (non-hydrogen) atoms. The van der Waals surface area contributed by atoms with Crippen LogP contribution in [0.15, 0.2) is 45.7 Å². The van der Waals surface area contributed by atoms with Crippen molar-refractivity contribution in [3.05, 3.63) is 53.5 Å². The molecule has 1 N–H and O–H groups in total. The number of aryl methyl sites for hydroxylation is 1. The molecule has 0 saturated carbocycles. The van der Waals surface area contributed by atoms with Gasteiger partial charge >= 0.3 is 0 Å². The lowest BCUT2D eigenvalue weighted by Gasteiger charge is -2.02. The Balaban J connectivity index is 2.00. The van der Waals surface area contributed by atoms with Crippen molar-refractivity contribution in [3.63, 3.8) is 0 Å². The zero-order chi connectivity index (χ0) is 13.7. The SMILES string of the molecule is CCNCc1ccc(CS(=O)c2cccc(C)c2)o1. The molecule has 3 nitrogen and oxygen atoms in total. The molecule has 0 aliphatic carbocycles. The summed E-state index contributed by atoms with van der Waals surface area (Å²) in [5.74, 6) is 2.08. The lowest BCUT2D eigenvalue weighted by Crippen LogP contribution is -2.10. The van der Waals surface area contributed by atoms with Crippen LogP contribution in [0.2, 0.25) is 0 Å². The number of rotatable bonds is 6. The van der Waals surface area contributed by atoms with Gasteiger partial charge in [-0.1, -0.05) is 19.1 Å². The largest absolute Gasteiger partial charge is 0.464 e. The molecule has 0 spiro atoms. The summed E-state index contributed by atoms with van der Waals surface area (Å²) < 4.78 is 17.9. The van der Waals surface area contributed by atoms with Gasteiger partial charge < -0.3 is 9.73 Å². The van der Waals surface area contributed by atoms with Crippen molar-refractivity contribution in [1.82, 2.24) is 5.32 Å². The molecule has 0 saturated heterocycles. The predicted octanol–water partition coefficient (Wildman–Crippen LogP) is 3.01. The highest BCUT2D eigenvalue weighted by Gasteiger charge is 2.09. The summed E-state index contributed by atoms with van der Waals surface area (Å²) in [5.41, 5.74) is 1.12. The maximum absolute atomic E-state index is 12.2. The summed E-state index contributed by atoms with van der Waals surface area (Å²) in [6.07, 6.45) is 0. The van der Waals surface area contributed by atoms with E-state index in [0.717, 1.165) is 28.5 Å². The molecule has 1 heterocycles. The maximum atomic E-state index is 12.2. The van der Waals surface area contributed by atoms with Gasteiger partial charge in [-0.25, -0.2) is 0 Å². The van der Waals surface area contributed by atoms with Crippen molar-refractivity contribution >= 4 is 10.8 Å². The Morgan fingerprint density at radius 1 is 1.21 bits per heavy atom. The van der Waals surface area contributed by atoms with Gasteiger partial charge in [-0.2, -0.15) is 0 Å². The van der Waals surface area contributed by atoms with E-state index >= 15 is 0 Å². The highest BCUT2D eigenvalue weighted by Crippen LogP contribution is 2.16. The molecule has 2 rings (SSSR count). The second kappa shape index (κ2) is 6.68. The molecule has 2 aromatic rings.